The molecule has 0 saturated heterocycles. The first kappa shape index (κ1) is 21.5. The number of ether oxygens (including phenoxy) is 1. The summed E-state index contributed by atoms with van der Waals surface area (Å²) in [5.41, 5.74) is 0.950. The van der Waals surface area contributed by atoms with Gasteiger partial charge >= 0.3 is 5.97 Å². The van der Waals surface area contributed by atoms with Crippen molar-refractivity contribution in [2.24, 2.45) is 5.14 Å². The molecule has 11 heteroatoms. The number of carbonyl (C=O) groups excluding carboxylic acids is 2. The molecule has 2 rings (SSSR count). The first-order valence-corrected chi connectivity index (χ1v) is 10.6. The van der Waals surface area contributed by atoms with Crippen LogP contribution in [0.4, 0.5) is 5.13 Å². The number of nitrogens with one attached hydrogen (secondary N) is 2. The Morgan fingerprint density at radius 2 is 2.00 bits per heavy atom. The second kappa shape index (κ2) is 9.97. The van der Waals surface area contributed by atoms with Gasteiger partial charge in [0.15, 0.2) is 17.4 Å². The summed E-state index contributed by atoms with van der Waals surface area (Å²) in [4.78, 5) is 27.7. The van der Waals surface area contributed by atoms with Crippen molar-refractivity contribution in [3.63, 3.8) is 0 Å². The van der Waals surface area contributed by atoms with E-state index in [9.17, 15) is 18.0 Å². The van der Waals surface area contributed by atoms with Crippen LogP contribution in [0.1, 0.15) is 16.1 Å². The molecule has 0 bridgehead atoms. The number of esters is 1. The third-order valence-electron chi connectivity index (χ3n) is 3.43. The van der Waals surface area contributed by atoms with Crippen molar-refractivity contribution in [3.8, 4) is 0 Å². The van der Waals surface area contributed by atoms with Gasteiger partial charge in [-0.15, -0.1) is 17.9 Å². The SMILES string of the molecule is C=CCNc1nc(C(=O)OCC(=O)NCCc2ccc(S(N)(=O)=O)cc2)cs1. The van der Waals surface area contributed by atoms with Gasteiger partial charge < -0.3 is 15.4 Å². The number of amides is 1. The molecule has 1 aromatic carbocycles. The number of carbonyl (C=O) groups is 2. The predicted octanol–water partition coefficient (Wildman–Crippen LogP) is 0.904. The molecule has 28 heavy (non-hydrogen) atoms. The third kappa shape index (κ3) is 6.76. The van der Waals surface area contributed by atoms with Crippen molar-refractivity contribution in [3.05, 3.63) is 53.6 Å². The summed E-state index contributed by atoms with van der Waals surface area (Å²) in [5, 5.41) is 12.7. The van der Waals surface area contributed by atoms with Gasteiger partial charge in [0.2, 0.25) is 10.0 Å². The summed E-state index contributed by atoms with van der Waals surface area (Å²) in [5.74, 6) is -1.13. The molecule has 0 spiro atoms. The number of hydrogen-bond donors (Lipinski definition) is 3. The smallest absolute Gasteiger partial charge is 0.358 e. The van der Waals surface area contributed by atoms with Crippen molar-refractivity contribution in [1.82, 2.24) is 10.3 Å². The zero-order valence-corrected chi connectivity index (χ0v) is 16.5. The maximum absolute atomic E-state index is 11.9. The molecule has 0 aliphatic rings. The van der Waals surface area contributed by atoms with Crippen LogP contribution in [-0.2, 0) is 26.0 Å². The average molecular weight is 425 g/mol. The minimum Gasteiger partial charge on any atom is -0.451 e. The van der Waals surface area contributed by atoms with Crippen molar-refractivity contribution in [1.29, 1.82) is 0 Å². The summed E-state index contributed by atoms with van der Waals surface area (Å²) in [7, 11) is -3.73. The highest BCUT2D eigenvalue weighted by atomic mass is 32.2. The lowest BCUT2D eigenvalue weighted by molar-refractivity contribution is -0.124. The van der Waals surface area contributed by atoms with Crippen molar-refractivity contribution < 1.29 is 22.7 Å². The lowest BCUT2D eigenvalue weighted by atomic mass is 10.1. The average Bonchev–Trinajstić information content (AvgIpc) is 3.13. The molecule has 1 heterocycles. The van der Waals surface area contributed by atoms with Crippen molar-refractivity contribution in [2.75, 3.05) is 25.0 Å². The summed E-state index contributed by atoms with van der Waals surface area (Å²) in [6.45, 7) is 3.98. The Kier molecular flexibility index (Phi) is 7.67. The Labute approximate surface area is 166 Å². The second-order valence-electron chi connectivity index (χ2n) is 5.57. The van der Waals surface area contributed by atoms with Crippen molar-refractivity contribution >= 4 is 38.4 Å². The number of nitrogens with zero attached hydrogens (tertiary/aromatic N) is 1. The van der Waals surface area contributed by atoms with Crippen LogP contribution >= 0.6 is 11.3 Å². The lowest BCUT2D eigenvalue weighted by Crippen LogP contribution is -2.30. The van der Waals surface area contributed by atoms with E-state index >= 15 is 0 Å². The van der Waals surface area contributed by atoms with Gasteiger partial charge in [-0.2, -0.15) is 0 Å². The van der Waals surface area contributed by atoms with Gasteiger partial charge in [0.05, 0.1) is 4.90 Å². The second-order valence-corrected chi connectivity index (χ2v) is 7.99. The summed E-state index contributed by atoms with van der Waals surface area (Å²) in [6, 6.07) is 6.04. The third-order valence-corrected chi connectivity index (χ3v) is 5.16. The molecule has 0 aliphatic carbocycles. The van der Waals surface area contributed by atoms with E-state index in [4.69, 9.17) is 9.88 Å². The van der Waals surface area contributed by atoms with Crippen LogP contribution in [0.15, 0.2) is 47.2 Å². The van der Waals surface area contributed by atoms with E-state index < -0.39 is 28.5 Å². The van der Waals surface area contributed by atoms with Crippen LogP contribution in [0, 0.1) is 0 Å². The van der Waals surface area contributed by atoms with E-state index in [0.29, 0.717) is 24.6 Å². The molecule has 1 aromatic heterocycles. The monoisotopic (exact) mass is 424 g/mol. The Bertz CT molecular complexity index is 939. The fraction of sp³-hybridized carbons (Fsp3) is 0.235. The Balaban J connectivity index is 1.71. The number of thiazole rings is 1. The van der Waals surface area contributed by atoms with E-state index in [1.807, 2.05) is 0 Å². The number of sulfonamides is 1. The van der Waals surface area contributed by atoms with E-state index in [1.165, 1.54) is 28.8 Å². The van der Waals surface area contributed by atoms with E-state index in [-0.39, 0.29) is 10.6 Å². The molecule has 0 saturated carbocycles. The van der Waals surface area contributed by atoms with Crippen LogP contribution in [0.25, 0.3) is 0 Å². The number of primary sulfonamides is 1. The highest BCUT2D eigenvalue weighted by Gasteiger charge is 2.14. The number of benzene rings is 1. The van der Waals surface area contributed by atoms with Crippen LogP contribution in [0.2, 0.25) is 0 Å². The normalized spacial score (nSPS) is 10.9. The molecular formula is C17H20N4O5S2. The minimum absolute atomic E-state index is 0.0251. The fourth-order valence-corrected chi connectivity index (χ4v) is 3.26. The molecule has 0 radical (unpaired) electrons. The molecule has 0 fully saturated rings. The summed E-state index contributed by atoms with van der Waals surface area (Å²) < 4.78 is 27.3. The number of aromatic nitrogens is 1. The zero-order valence-electron chi connectivity index (χ0n) is 14.9. The number of anilines is 1. The van der Waals surface area contributed by atoms with Gasteiger partial charge in [0.1, 0.15) is 0 Å². The van der Waals surface area contributed by atoms with Gasteiger partial charge in [0.25, 0.3) is 5.91 Å². The summed E-state index contributed by atoms with van der Waals surface area (Å²) >= 11 is 1.25. The molecule has 150 valence electrons. The highest BCUT2D eigenvalue weighted by molar-refractivity contribution is 7.89. The van der Waals surface area contributed by atoms with Crippen molar-refractivity contribution in [2.45, 2.75) is 11.3 Å². The van der Waals surface area contributed by atoms with Crippen LogP contribution in [0.5, 0.6) is 0 Å². The van der Waals surface area contributed by atoms with E-state index in [0.717, 1.165) is 5.56 Å². The number of nitrogens with two attached hydrogens (primary N) is 1. The van der Waals surface area contributed by atoms with Gasteiger partial charge in [-0.1, -0.05) is 18.2 Å². The summed E-state index contributed by atoms with van der Waals surface area (Å²) in [6.07, 6.45) is 2.15. The number of hydrogen-bond acceptors (Lipinski definition) is 8. The van der Waals surface area contributed by atoms with Gasteiger partial charge in [-0.25, -0.2) is 23.3 Å². The standard InChI is InChI=1S/C17H20N4O5S2/c1-2-8-20-17-21-14(11-27-17)16(23)26-10-15(22)19-9-7-12-3-5-13(6-4-12)28(18,24)25/h2-6,11H,1,7-10H2,(H,19,22)(H,20,21)(H2,18,24,25). The largest absolute Gasteiger partial charge is 0.451 e. The van der Waals surface area contributed by atoms with E-state index in [1.54, 1.807) is 18.2 Å². The van der Waals surface area contributed by atoms with E-state index in [2.05, 4.69) is 22.2 Å². The maximum Gasteiger partial charge on any atom is 0.358 e. The Morgan fingerprint density at radius 1 is 1.29 bits per heavy atom. The fourth-order valence-electron chi connectivity index (χ4n) is 2.06. The molecule has 0 unspecified atom stereocenters. The minimum atomic E-state index is -3.73. The molecule has 0 atom stereocenters. The quantitative estimate of drug-likeness (QED) is 0.380. The zero-order chi connectivity index (χ0) is 20.6. The first-order chi connectivity index (χ1) is 13.3. The lowest BCUT2D eigenvalue weighted by Gasteiger charge is -2.06. The van der Waals surface area contributed by atoms with Crippen LogP contribution in [0.3, 0.4) is 0 Å². The van der Waals surface area contributed by atoms with Gasteiger partial charge in [0, 0.05) is 18.5 Å². The molecular weight excluding hydrogens is 404 g/mol. The molecule has 9 nitrogen and oxygen atoms in total. The topological polar surface area (TPSA) is 140 Å². The van der Waals surface area contributed by atoms with Gasteiger partial charge in [-0.05, 0) is 24.1 Å². The highest BCUT2D eigenvalue weighted by Crippen LogP contribution is 2.15. The molecule has 4 N–H and O–H groups in total. The van der Waals surface area contributed by atoms with Gasteiger partial charge in [-0.3, -0.25) is 4.79 Å². The molecule has 0 aliphatic heterocycles. The number of rotatable bonds is 10. The van der Waals surface area contributed by atoms with Crippen LogP contribution < -0.4 is 15.8 Å². The van der Waals surface area contributed by atoms with Crippen LogP contribution in [-0.4, -0.2) is 45.0 Å². The first-order valence-electron chi connectivity index (χ1n) is 8.15. The maximum atomic E-state index is 11.9. The Morgan fingerprint density at radius 3 is 2.64 bits per heavy atom. The molecule has 1 amide bonds. The predicted molar refractivity (Wildman–Crippen MR) is 106 cm³/mol. The Hall–Kier alpha value is -2.76. The molecule has 2 aromatic rings.